The van der Waals surface area contributed by atoms with Crippen molar-refractivity contribution >= 4 is 5.97 Å². The molecule has 0 fully saturated rings. The molecule has 1 N–H and O–H groups in total. The first-order valence-electron chi connectivity index (χ1n) is 8.35. The Hall–Kier alpha value is -3.69. The smallest absolute Gasteiger partial charge is 0.337 e. The summed E-state index contributed by atoms with van der Waals surface area (Å²) in [6.07, 6.45) is 0.551. The summed E-state index contributed by atoms with van der Waals surface area (Å²) in [6, 6.07) is 2.37. The van der Waals surface area contributed by atoms with Gasteiger partial charge in [0.25, 0.3) is 12.0 Å². The fourth-order valence-electron chi connectivity index (χ4n) is 2.71. The summed E-state index contributed by atoms with van der Waals surface area (Å²) in [7, 11) is 1.31. The summed E-state index contributed by atoms with van der Waals surface area (Å²) < 4.78 is 32.6. The van der Waals surface area contributed by atoms with Crippen molar-refractivity contribution in [1.82, 2.24) is 19.5 Å². The molecule has 150 valence electrons. The Morgan fingerprint density at radius 1 is 1.14 bits per heavy atom. The number of methoxy groups -OCH3 is 1. The van der Waals surface area contributed by atoms with Crippen molar-refractivity contribution in [2.24, 2.45) is 0 Å². The van der Waals surface area contributed by atoms with E-state index in [0.717, 1.165) is 23.0 Å². The van der Waals surface area contributed by atoms with Crippen molar-refractivity contribution in [2.45, 2.75) is 20.3 Å². The number of carboxylic acids is 1. The molecule has 29 heavy (non-hydrogen) atoms. The van der Waals surface area contributed by atoms with Gasteiger partial charge in [0.05, 0.1) is 18.9 Å². The number of halogens is 2. The van der Waals surface area contributed by atoms with Gasteiger partial charge in [0.2, 0.25) is 0 Å². The van der Waals surface area contributed by atoms with Crippen LogP contribution in [0.15, 0.2) is 35.6 Å². The average Bonchev–Trinajstić information content (AvgIpc) is 2.71. The van der Waals surface area contributed by atoms with Crippen LogP contribution in [0.3, 0.4) is 0 Å². The second-order valence-electron chi connectivity index (χ2n) is 6.13. The fraction of sp³-hybridized carbons (Fsp3) is 0.211. The van der Waals surface area contributed by atoms with Gasteiger partial charge in [-0.05, 0) is 26.0 Å². The summed E-state index contributed by atoms with van der Waals surface area (Å²) in [4.78, 5) is 36.0. The van der Waals surface area contributed by atoms with Crippen LogP contribution in [-0.4, -0.2) is 37.7 Å². The van der Waals surface area contributed by atoms with Crippen LogP contribution in [0.4, 0.5) is 8.78 Å². The average molecular weight is 402 g/mol. The van der Waals surface area contributed by atoms with Gasteiger partial charge in [-0.2, -0.15) is 0 Å². The molecular weight excluding hydrogens is 386 g/mol. The highest BCUT2D eigenvalue weighted by molar-refractivity contribution is 5.97. The Bertz CT molecular complexity index is 1160. The molecule has 0 atom stereocenters. The summed E-state index contributed by atoms with van der Waals surface area (Å²) in [5.41, 5.74) is -0.0825. The summed E-state index contributed by atoms with van der Waals surface area (Å²) in [5, 5.41) is 9.54. The molecule has 8 nitrogen and oxygen atoms in total. The fourth-order valence-corrected chi connectivity index (χ4v) is 2.71. The molecule has 0 bridgehead atoms. The second kappa shape index (κ2) is 7.74. The lowest BCUT2D eigenvalue weighted by atomic mass is 10.0. The van der Waals surface area contributed by atoms with Crippen molar-refractivity contribution in [2.75, 3.05) is 7.11 Å². The largest absolute Gasteiger partial charge is 0.494 e. The van der Waals surface area contributed by atoms with Gasteiger partial charge in [-0.3, -0.25) is 14.3 Å². The maximum absolute atomic E-state index is 13.2. The molecule has 0 aliphatic rings. The molecule has 3 aromatic rings. The number of rotatable bonds is 5. The first kappa shape index (κ1) is 20.1. The van der Waals surface area contributed by atoms with Gasteiger partial charge in [0, 0.05) is 28.6 Å². The monoisotopic (exact) mass is 402 g/mol. The van der Waals surface area contributed by atoms with E-state index < -0.39 is 18.1 Å². The van der Waals surface area contributed by atoms with Gasteiger partial charge in [-0.1, -0.05) is 0 Å². The van der Waals surface area contributed by atoms with E-state index in [1.54, 1.807) is 13.8 Å². The second-order valence-corrected chi connectivity index (χ2v) is 6.13. The van der Waals surface area contributed by atoms with Gasteiger partial charge >= 0.3 is 5.97 Å². The van der Waals surface area contributed by atoms with E-state index in [1.807, 2.05) is 0 Å². The van der Waals surface area contributed by atoms with E-state index in [2.05, 4.69) is 15.0 Å². The SMILES string of the molecule is COc1cnc(C(F)F)cc1-c1cc(-n2cnc(C)c(C)c2=O)ncc1C(=O)O. The Morgan fingerprint density at radius 2 is 1.86 bits per heavy atom. The zero-order valence-corrected chi connectivity index (χ0v) is 15.7. The first-order chi connectivity index (χ1) is 13.7. The number of hydrogen-bond donors (Lipinski definition) is 1. The van der Waals surface area contributed by atoms with Crippen molar-refractivity contribution in [3.63, 3.8) is 0 Å². The molecule has 0 aliphatic carbocycles. The van der Waals surface area contributed by atoms with Crippen LogP contribution in [0.2, 0.25) is 0 Å². The Balaban J connectivity index is 2.31. The molecule has 3 aromatic heterocycles. The maximum atomic E-state index is 13.2. The molecule has 0 aliphatic heterocycles. The van der Waals surface area contributed by atoms with E-state index in [0.29, 0.717) is 11.3 Å². The van der Waals surface area contributed by atoms with E-state index in [1.165, 1.54) is 19.5 Å². The van der Waals surface area contributed by atoms with Crippen LogP contribution in [0, 0.1) is 13.8 Å². The number of nitrogens with zero attached hydrogens (tertiary/aromatic N) is 4. The number of alkyl halides is 2. The number of hydrogen-bond acceptors (Lipinski definition) is 6. The molecule has 0 radical (unpaired) electrons. The van der Waals surface area contributed by atoms with Crippen molar-refractivity contribution in [3.8, 4) is 22.7 Å². The lowest BCUT2D eigenvalue weighted by Gasteiger charge is -2.14. The lowest BCUT2D eigenvalue weighted by molar-refractivity contribution is 0.0697. The van der Waals surface area contributed by atoms with E-state index >= 15 is 0 Å². The van der Waals surface area contributed by atoms with E-state index in [9.17, 15) is 23.5 Å². The minimum absolute atomic E-state index is 0.0498. The molecule has 0 unspecified atom stereocenters. The summed E-state index contributed by atoms with van der Waals surface area (Å²) in [5.74, 6) is -1.13. The summed E-state index contributed by atoms with van der Waals surface area (Å²) in [6.45, 7) is 3.29. The minimum Gasteiger partial charge on any atom is -0.494 e. The molecule has 0 spiro atoms. The Morgan fingerprint density at radius 3 is 2.48 bits per heavy atom. The molecule has 3 rings (SSSR count). The molecule has 0 aromatic carbocycles. The van der Waals surface area contributed by atoms with Crippen LogP contribution in [0.1, 0.15) is 33.7 Å². The third-order valence-electron chi connectivity index (χ3n) is 4.44. The number of aromatic carboxylic acids is 1. The Kier molecular flexibility index (Phi) is 5.35. The first-order valence-corrected chi connectivity index (χ1v) is 8.35. The normalized spacial score (nSPS) is 11.0. The number of pyridine rings is 2. The summed E-state index contributed by atoms with van der Waals surface area (Å²) >= 11 is 0. The number of ether oxygens (including phenoxy) is 1. The van der Waals surface area contributed by atoms with Gasteiger partial charge in [-0.25, -0.2) is 23.5 Å². The van der Waals surface area contributed by atoms with Gasteiger partial charge in [0.15, 0.2) is 0 Å². The minimum atomic E-state index is -2.86. The predicted octanol–water partition coefficient (Wildman–Crippen LogP) is 2.95. The van der Waals surface area contributed by atoms with Crippen LogP contribution in [0.5, 0.6) is 5.75 Å². The third-order valence-corrected chi connectivity index (χ3v) is 4.44. The van der Waals surface area contributed by atoms with Crippen molar-refractivity contribution < 1.29 is 23.4 Å². The molecule has 10 heteroatoms. The van der Waals surface area contributed by atoms with E-state index in [4.69, 9.17) is 4.74 Å². The van der Waals surface area contributed by atoms with Gasteiger partial charge in [-0.15, -0.1) is 0 Å². The predicted molar refractivity (Wildman–Crippen MR) is 98.8 cm³/mol. The van der Waals surface area contributed by atoms with Crippen LogP contribution >= 0.6 is 0 Å². The third kappa shape index (κ3) is 3.68. The zero-order valence-electron chi connectivity index (χ0n) is 15.7. The number of aryl methyl sites for hydroxylation is 1. The molecule has 0 saturated heterocycles. The van der Waals surface area contributed by atoms with Crippen molar-refractivity contribution in [1.29, 1.82) is 0 Å². The standard InChI is InChI=1S/C19H16F2N4O4/c1-9-10(2)24-8-25(18(9)26)16-5-11(13(6-23-16)19(27)28)12-4-14(17(20)21)22-7-15(12)29-3/h4-8,17H,1-3H3,(H,27,28). The van der Waals surface area contributed by atoms with Gasteiger partial charge in [0.1, 0.15) is 23.6 Å². The van der Waals surface area contributed by atoms with E-state index in [-0.39, 0.29) is 33.8 Å². The molecule has 0 saturated carbocycles. The number of carboxylic acid groups (broad SMARTS) is 1. The zero-order chi connectivity index (χ0) is 21.3. The van der Waals surface area contributed by atoms with Crippen molar-refractivity contribution in [3.05, 3.63) is 63.7 Å². The maximum Gasteiger partial charge on any atom is 0.337 e. The number of aromatic nitrogens is 4. The Labute approximate surface area is 163 Å². The van der Waals surface area contributed by atoms with Crippen LogP contribution in [-0.2, 0) is 0 Å². The van der Waals surface area contributed by atoms with Crippen LogP contribution in [0.25, 0.3) is 16.9 Å². The highest BCUT2D eigenvalue weighted by atomic mass is 19.3. The van der Waals surface area contributed by atoms with Crippen LogP contribution < -0.4 is 10.3 Å². The topological polar surface area (TPSA) is 107 Å². The lowest BCUT2D eigenvalue weighted by Crippen LogP contribution is -2.23. The molecule has 3 heterocycles. The molecular formula is C19H16F2N4O4. The quantitative estimate of drug-likeness (QED) is 0.699. The number of carbonyl (C=O) groups is 1. The highest BCUT2D eigenvalue weighted by Gasteiger charge is 2.21. The van der Waals surface area contributed by atoms with Gasteiger partial charge < -0.3 is 9.84 Å². The molecule has 0 amide bonds. The highest BCUT2D eigenvalue weighted by Crippen LogP contribution is 2.35.